The normalized spacial score (nSPS) is 18.2. The van der Waals surface area contributed by atoms with Crippen LogP contribution >= 0.6 is 34.7 Å². The summed E-state index contributed by atoms with van der Waals surface area (Å²) < 4.78 is 1.86. The second-order valence-electron chi connectivity index (χ2n) is 4.66. The van der Waals surface area contributed by atoms with Crippen LogP contribution < -0.4 is 5.32 Å². The van der Waals surface area contributed by atoms with Gasteiger partial charge in [0.15, 0.2) is 15.3 Å². The first kappa shape index (κ1) is 14.5. The molecule has 1 amide bonds. The summed E-state index contributed by atoms with van der Waals surface area (Å²) in [6.07, 6.45) is 3.62. The molecule has 114 valence electrons. The van der Waals surface area contributed by atoms with Crippen molar-refractivity contribution >= 4 is 62.5 Å². The molecule has 1 N–H and O–H groups in total. The van der Waals surface area contributed by atoms with Gasteiger partial charge in [-0.15, -0.1) is 11.3 Å². The number of rotatable bonds is 2. The van der Waals surface area contributed by atoms with Crippen LogP contribution in [0.15, 0.2) is 51.8 Å². The monoisotopic (exact) mass is 360 g/mol. The third-order valence-electron chi connectivity index (χ3n) is 3.16. The van der Waals surface area contributed by atoms with Crippen molar-refractivity contribution < 1.29 is 4.79 Å². The number of aliphatic imine (C=N–C) groups is 1. The van der Waals surface area contributed by atoms with Gasteiger partial charge in [0, 0.05) is 11.6 Å². The number of benzene rings is 1. The number of fused-ring (bicyclic) bond motifs is 1. The van der Waals surface area contributed by atoms with Crippen LogP contribution in [0.4, 0.5) is 5.69 Å². The fourth-order valence-corrected chi connectivity index (χ4v) is 3.94. The van der Waals surface area contributed by atoms with Gasteiger partial charge in [-0.2, -0.15) is 0 Å². The fourth-order valence-electron chi connectivity index (χ4n) is 2.13. The predicted octanol–water partition coefficient (Wildman–Crippen LogP) is 3.94. The minimum Gasteiger partial charge on any atom is -0.300 e. The highest BCUT2D eigenvalue weighted by Gasteiger charge is 2.25. The zero-order valence-electron chi connectivity index (χ0n) is 11.6. The zero-order chi connectivity index (χ0) is 15.8. The molecule has 1 aliphatic heterocycles. The number of imidazole rings is 1. The number of para-hydroxylation sites is 1. The number of halogens is 1. The molecular weight excluding hydrogens is 352 g/mol. The molecule has 0 atom stereocenters. The van der Waals surface area contributed by atoms with Gasteiger partial charge in [-0.3, -0.25) is 9.20 Å². The number of carbonyl (C=O) groups excluding carboxylic acids is 1. The first-order valence-electron chi connectivity index (χ1n) is 6.66. The number of thiazole rings is 1. The topological polar surface area (TPSA) is 58.8 Å². The third-order valence-corrected chi connectivity index (χ3v) is 5.10. The van der Waals surface area contributed by atoms with E-state index in [4.69, 9.17) is 11.6 Å². The van der Waals surface area contributed by atoms with E-state index in [2.05, 4.69) is 15.3 Å². The Morgan fingerprint density at radius 2 is 2.13 bits per heavy atom. The number of carbonyl (C=O) groups is 1. The Balaban J connectivity index is 1.68. The second kappa shape index (κ2) is 5.84. The molecule has 0 aliphatic carbocycles. The number of aromatic nitrogens is 2. The van der Waals surface area contributed by atoms with Gasteiger partial charge in [-0.25, -0.2) is 9.98 Å². The number of hydrogen-bond donors (Lipinski definition) is 1. The molecule has 4 rings (SSSR count). The molecule has 23 heavy (non-hydrogen) atoms. The van der Waals surface area contributed by atoms with Gasteiger partial charge in [-0.1, -0.05) is 29.8 Å². The van der Waals surface area contributed by atoms with Crippen molar-refractivity contribution in [3.8, 4) is 0 Å². The summed E-state index contributed by atoms with van der Waals surface area (Å²) in [7, 11) is 0. The van der Waals surface area contributed by atoms with E-state index in [0.717, 1.165) is 10.6 Å². The van der Waals surface area contributed by atoms with Crippen LogP contribution in [0.1, 0.15) is 5.69 Å². The Hall–Kier alpha value is -2.09. The Morgan fingerprint density at radius 3 is 2.96 bits per heavy atom. The third kappa shape index (κ3) is 2.78. The molecule has 1 saturated heterocycles. The Labute approximate surface area is 144 Å². The molecule has 3 heterocycles. The van der Waals surface area contributed by atoms with Gasteiger partial charge < -0.3 is 5.32 Å². The first-order valence-corrected chi connectivity index (χ1v) is 8.74. The van der Waals surface area contributed by atoms with E-state index < -0.39 is 0 Å². The van der Waals surface area contributed by atoms with Crippen molar-refractivity contribution in [2.24, 2.45) is 4.99 Å². The van der Waals surface area contributed by atoms with Crippen molar-refractivity contribution in [2.45, 2.75) is 0 Å². The minimum absolute atomic E-state index is 0.189. The Bertz CT molecular complexity index is 958. The minimum atomic E-state index is -0.189. The van der Waals surface area contributed by atoms with Gasteiger partial charge in [0.1, 0.15) is 0 Å². The quantitative estimate of drug-likeness (QED) is 0.704. The van der Waals surface area contributed by atoms with Crippen LogP contribution in [0.25, 0.3) is 11.0 Å². The molecule has 0 spiro atoms. The molecule has 3 aromatic rings. The molecule has 0 saturated carbocycles. The molecule has 8 heteroatoms. The number of thioether (sulfide) groups is 1. The standard InChI is InChI=1S/C15H9ClN4OS2/c16-12-10(20-6-7-22-15(20)18-12)8-11-13(21)19-14(23-11)17-9-4-2-1-3-5-9/h1-8H,(H,17,19,21)/b11-8-. The first-order chi connectivity index (χ1) is 11.2. The maximum atomic E-state index is 12.1. The van der Waals surface area contributed by atoms with Crippen LogP contribution in [-0.2, 0) is 4.79 Å². The summed E-state index contributed by atoms with van der Waals surface area (Å²) in [6.45, 7) is 0. The number of amidine groups is 1. The van der Waals surface area contributed by atoms with Gasteiger partial charge in [0.05, 0.1) is 16.3 Å². The maximum Gasteiger partial charge on any atom is 0.264 e. The van der Waals surface area contributed by atoms with Gasteiger partial charge in [0.25, 0.3) is 5.91 Å². The van der Waals surface area contributed by atoms with Crippen molar-refractivity contribution in [3.05, 3.63) is 57.7 Å². The van der Waals surface area contributed by atoms with Crippen LogP contribution in [0, 0.1) is 0 Å². The molecule has 2 aromatic heterocycles. The summed E-state index contributed by atoms with van der Waals surface area (Å²) in [4.78, 5) is 22.1. The van der Waals surface area contributed by atoms with E-state index in [-0.39, 0.29) is 5.91 Å². The molecule has 0 unspecified atom stereocenters. The Morgan fingerprint density at radius 1 is 1.30 bits per heavy atom. The van der Waals surface area contributed by atoms with Crippen LogP contribution in [0.5, 0.6) is 0 Å². The molecule has 0 bridgehead atoms. The van der Waals surface area contributed by atoms with E-state index in [1.807, 2.05) is 46.3 Å². The summed E-state index contributed by atoms with van der Waals surface area (Å²) in [5, 5.41) is 5.61. The largest absolute Gasteiger partial charge is 0.300 e. The lowest BCUT2D eigenvalue weighted by Crippen LogP contribution is -2.19. The lowest BCUT2D eigenvalue weighted by molar-refractivity contribution is -0.115. The summed E-state index contributed by atoms with van der Waals surface area (Å²) in [5.74, 6) is -0.189. The smallest absolute Gasteiger partial charge is 0.264 e. The summed E-state index contributed by atoms with van der Waals surface area (Å²) in [5.41, 5.74) is 1.49. The Kier molecular flexibility index (Phi) is 3.68. The van der Waals surface area contributed by atoms with E-state index in [1.165, 1.54) is 23.1 Å². The van der Waals surface area contributed by atoms with Crippen LogP contribution in [-0.4, -0.2) is 20.5 Å². The number of amides is 1. The van der Waals surface area contributed by atoms with Gasteiger partial charge in [-0.05, 0) is 30.0 Å². The van der Waals surface area contributed by atoms with Crippen molar-refractivity contribution in [2.75, 3.05) is 0 Å². The van der Waals surface area contributed by atoms with Gasteiger partial charge >= 0.3 is 0 Å². The van der Waals surface area contributed by atoms with Crippen molar-refractivity contribution in [1.29, 1.82) is 0 Å². The molecule has 5 nitrogen and oxygen atoms in total. The average Bonchev–Trinajstić information content (AvgIpc) is 3.19. The van der Waals surface area contributed by atoms with Gasteiger partial charge in [0.2, 0.25) is 0 Å². The van der Waals surface area contributed by atoms with Crippen molar-refractivity contribution in [3.63, 3.8) is 0 Å². The highest BCUT2D eigenvalue weighted by Crippen LogP contribution is 2.30. The lowest BCUT2D eigenvalue weighted by atomic mass is 10.3. The van der Waals surface area contributed by atoms with Crippen LogP contribution in [0.2, 0.25) is 5.15 Å². The highest BCUT2D eigenvalue weighted by atomic mass is 35.5. The molecule has 0 radical (unpaired) electrons. The predicted molar refractivity (Wildman–Crippen MR) is 95.3 cm³/mol. The fraction of sp³-hybridized carbons (Fsp3) is 0. The van der Waals surface area contributed by atoms with Crippen LogP contribution in [0.3, 0.4) is 0 Å². The number of nitrogens with zero attached hydrogens (tertiary/aromatic N) is 3. The summed E-state index contributed by atoms with van der Waals surface area (Å²) in [6, 6.07) is 9.48. The molecule has 1 fully saturated rings. The maximum absolute atomic E-state index is 12.1. The number of nitrogens with one attached hydrogen (secondary N) is 1. The number of hydrogen-bond acceptors (Lipinski definition) is 5. The lowest BCUT2D eigenvalue weighted by Gasteiger charge is -1.95. The van der Waals surface area contributed by atoms with E-state index in [0.29, 0.717) is 20.9 Å². The SMILES string of the molecule is O=C1NC(=Nc2ccccc2)S/C1=C\c1c(Cl)nc2sccn12. The average molecular weight is 361 g/mol. The molecule has 1 aromatic carbocycles. The van der Waals surface area contributed by atoms with E-state index in [9.17, 15) is 4.79 Å². The van der Waals surface area contributed by atoms with E-state index in [1.54, 1.807) is 6.08 Å². The van der Waals surface area contributed by atoms with E-state index >= 15 is 0 Å². The van der Waals surface area contributed by atoms with Crippen molar-refractivity contribution in [1.82, 2.24) is 14.7 Å². The zero-order valence-corrected chi connectivity index (χ0v) is 14.0. The second-order valence-corrected chi connectivity index (χ2v) is 6.92. The highest BCUT2D eigenvalue weighted by molar-refractivity contribution is 8.18. The molecule has 1 aliphatic rings. The molecular formula is C15H9ClN4OS2. The summed E-state index contributed by atoms with van der Waals surface area (Å²) >= 11 is 8.94.